The zero-order valence-electron chi connectivity index (χ0n) is 13.8. The summed E-state index contributed by atoms with van der Waals surface area (Å²) in [7, 11) is 1.38. The van der Waals surface area contributed by atoms with Crippen molar-refractivity contribution in [2.45, 2.75) is 40.2 Å². The van der Waals surface area contributed by atoms with E-state index in [0.29, 0.717) is 5.02 Å². The largest absolute Gasteiger partial charge is 0.480 e. The van der Waals surface area contributed by atoms with E-state index in [4.69, 9.17) is 21.4 Å². The van der Waals surface area contributed by atoms with Crippen molar-refractivity contribution in [2.75, 3.05) is 13.6 Å². The molecule has 1 amide bonds. The molecule has 0 saturated carbocycles. The Morgan fingerprint density at radius 2 is 1.91 bits per heavy atom. The summed E-state index contributed by atoms with van der Waals surface area (Å²) in [5.41, 5.74) is 1.59. The summed E-state index contributed by atoms with van der Waals surface area (Å²) >= 11 is 5.65. The SMILES string of the molecule is CN(CC(=O)O)C(=O)OC(C)(C)C.Cc1cc(Cl)cnc1C. The number of ether oxygens (including phenoxy) is 1. The molecule has 124 valence electrons. The molecule has 0 bridgehead atoms. The van der Waals surface area contributed by atoms with Gasteiger partial charge in [-0.3, -0.25) is 9.78 Å². The molecule has 1 N–H and O–H groups in total. The van der Waals surface area contributed by atoms with Crippen LogP contribution in [-0.4, -0.2) is 46.2 Å². The minimum Gasteiger partial charge on any atom is -0.480 e. The highest BCUT2D eigenvalue weighted by Crippen LogP contribution is 2.10. The molecule has 0 aromatic carbocycles. The molecule has 0 aliphatic rings. The van der Waals surface area contributed by atoms with Gasteiger partial charge in [0.15, 0.2) is 0 Å². The molecule has 0 spiro atoms. The fourth-order valence-electron chi connectivity index (χ4n) is 1.22. The Bertz CT molecular complexity index is 527. The molecular weight excluding hydrogens is 308 g/mol. The Morgan fingerprint density at radius 3 is 2.27 bits per heavy atom. The molecule has 0 saturated heterocycles. The number of aliphatic carboxylic acids is 1. The van der Waals surface area contributed by atoms with Crippen LogP contribution in [-0.2, 0) is 9.53 Å². The highest BCUT2D eigenvalue weighted by atomic mass is 35.5. The minimum atomic E-state index is -1.06. The van der Waals surface area contributed by atoms with Gasteiger partial charge in [0.25, 0.3) is 0 Å². The first-order valence-electron chi connectivity index (χ1n) is 6.67. The number of nitrogens with zero attached hydrogens (tertiary/aromatic N) is 2. The monoisotopic (exact) mass is 330 g/mol. The third-order valence-corrected chi connectivity index (χ3v) is 2.59. The molecule has 0 aliphatic heterocycles. The average molecular weight is 331 g/mol. The summed E-state index contributed by atoms with van der Waals surface area (Å²) in [4.78, 5) is 26.4. The van der Waals surface area contributed by atoms with E-state index in [1.807, 2.05) is 19.9 Å². The topological polar surface area (TPSA) is 79.7 Å². The first kappa shape index (κ1) is 20.2. The molecule has 22 heavy (non-hydrogen) atoms. The van der Waals surface area contributed by atoms with Crippen molar-refractivity contribution >= 4 is 23.7 Å². The molecule has 6 nitrogen and oxygen atoms in total. The van der Waals surface area contributed by atoms with Crippen molar-refractivity contribution in [3.63, 3.8) is 0 Å². The fraction of sp³-hybridized carbons (Fsp3) is 0.533. The highest BCUT2D eigenvalue weighted by molar-refractivity contribution is 6.30. The third-order valence-electron chi connectivity index (χ3n) is 2.38. The summed E-state index contributed by atoms with van der Waals surface area (Å²) < 4.78 is 4.92. The maximum atomic E-state index is 11.1. The number of likely N-dealkylation sites (N-methyl/N-ethyl adjacent to an activating group) is 1. The van der Waals surface area contributed by atoms with Gasteiger partial charge in [-0.1, -0.05) is 11.6 Å². The van der Waals surface area contributed by atoms with Gasteiger partial charge in [0.2, 0.25) is 0 Å². The van der Waals surface area contributed by atoms with Gasteiger partial charge < -0.3 is 14.7 Å². The van der Waals surface area contributed by atoms with Crippen LogP contribution in [0.2, 0.25) is 5.02 Å². The minimum absolute atomic E-state index is 0.352. The zero-order chi connectivity index (χ0) is 17.5. The summed E-state index contributed by atoms with van der Waals surface area (Å²) in [6.45, 7) is 8.77. The number of carboxylic acids is 1. The summed E-state index contributed by atoms with van der Waals surface area (Å²) in [5.74, 6) is -1.06. The second-order valence-corrected chi connectivity index (χ2v) is 6.22. The van der Waals surface area contributed by atoms with Crippen molar-refractivity contribution in [2.24, 2.45) is 0 Å². The Morgan fingerprint density at radius 1 is 1.36 bits per heavy atom. The van der Waals surface area contributed by atoms with Crippen LogP contribution in [0.5, 0.6) is 0 Å². The molecule has 1 heterocycles. The molecule has 1 rings (SSSR count). The molecular formula is C15H23ClN2O4. The highest BCUT2D eigenvalue weighted by Gasteiger charge is 2.20. The Balaban J connectivity index is 0.000000425. The Kier molecular flexibility index (Phi) is 7.87. The van der Waals surface area contributed by atoms with E-state index in [-0.39, 0.29) is 6.54 Å². The van der Waals surface area contributed by atoms with E-state index in [1.165, 1.54) is 7.05 Å². The predicted octanol–water partition coefficient (Wildman–Crippen LogP) is 3.29. The molecule has 1 aromatic heterocycles. The maximum Gasteiger partial charge on any atom is 0.410 e. The number of hydrogen-bond acceptors (Lipinski definition) is 4. The first-order chi connectivity index (χ1) is 9.92. The van der Waals surface area contributed by atoms with Crippen molar-refractivity contribution in [1.82, 2.24) is 9.88 Å². The van der Waals surface area contributed by atoms with Crippen LogP contribution in [0.3, 0.4) is 0 Å². The lowest BCUT2D eigenvalue weighted by molar-refractivity contribution is -0.137. The van der Waals surface area contributed by atoms with E-state index >= 15 is 0 Å². The van der Waals surface area contributed by atoms with Gasteiger partial charge in [0.05, 0.1) is 5.02 Å². The van der Waals surface area contributed by atoms with Crippen LogP contribution in [0, 0.1) is 13.8 Å². The first-order valence-corrected chi connectivity index (χ1v) is 7.05. The normalized spacial score (nSPS) is 10.3. The van der Waals surface area contributed by atoms with Gasteiger partial charge >= 0.3 is 12.1 Å². The molecule has 0 fully saturated rings. The van der Waals surface area contributed by atoms with Crippen molar-refractivity contribution in [3.05, 3.63) is 28.5 Å². The number of carbonyl (C=O) groups is 2. The number of halogens is 1. The van der Waals surface area contributed by atoms with Gasteiger partial charge in [0, 0.05) is 18.9 Å². The van der Waals surface area contributed by atoms with Gasteiger partial charge in [-0.2, -0.15) is 0 Å². The van der Waals surface area contributed by atoms with E-state index < -0.39 is 17.7 Å². The number of carboxylic acid groups (broad SMARTS) is 1. The van der Waals surface area contributed by atoms with Crippen LogP contribution in [0.4, 0.5) is 4.79 Å². The van der Waals surface area contributed by atoms with Crippen LogP contribution in [0.1, 0.15) is 32.0 Å². The number of aryl methyl sites for hydroxylation is 2. The Hall–Kier alpha value is -1.82. The van der Waals surface area contributed by atoms with Crippen LogP contribution in [0.25, 0.3) is 0 Å². The van der Waals surface area contributed by atoms with Crippen LogP contribution < -0.4 is 0 Å². The Labute approximate surface area is 136 Å². The van der Waals surface area contributed by atoms with Crippen molar-refractivity contribution in [3.8, 4) is 0 Å². The van der Waals surface area contributed by atoms with Crippen molar-refractivity contribution < 1.29 is 19.4 Å². The zero-order valence-corrected chi connectivity index (χ0v) is 14.6. The molecule has 7 heteroatoms. The smallest absolute Gasteiger partial charge is 0.410 e. The molecule has 0 aliphatic carbocycles. The lowest BCUT2D eigenvalue weighted by Gasteiger charge is -2.23. The summed E-state index contributed by atoms with van der Waals surface area (Å²) in [6.07, 6.45) is 1.03. The maximum absolute atomic E-state index is 11.1. The fourth-order valence-corrected chi connectivity index (χ4v) is 1.43. The standard InChI is InChI=1S/C8H15NO4.C7H8ClN/c1-8(2,3)13-7(12)9(4)5-6(10)11;1-5-3-7(8)4-9-6(5)2/h5H2,1-4H3,(H,10,11);3-4H,1-2H3. The van der Waals surface area contributed by atoms with Gasteiger partial charge in [-0.15, -0.1) is 0 Å². The van der Waals surface area contributed by atoms with E-state index in [2.05, 4.69) is 4.98 Å². The van der Waals surface area contributed by atoms with E-state index in [0.717, 1.165) is 16.2 Å². The second kappa shape index (κ2) is 8.58. The van der Waals surface area contributed by atoms with E-state index in [1.54, 1.807) is 27.0 Å². The lowest BCUT2D eigenvalue weighted by atomic mass is 10.2. The predicted molar refractivity (Wildman–Crippen MR) is 85.2 cm³/mol. The van der Waals surface area contributed by atoms with Crippen LogP contribution >= 0.6 is 11.6 Å². The number of carbonyl (C=O) groups excluding carboxylic acids is 1. The molecule has 0 atom stereocenters. The van der Waals surface area contributed by atoms with Gasteiger partial charge in [0.1, 0.15) is 12.1 Å². The molecule has 0 radical (unpaired) electrons. The number of pyridine rings is 1. The number of aromatic nitrogens is 1. The number of hydrogen-bond donors (Lipinski definition) is 1. The third kappa shape index (κ3) is 9.18. The quantitative estimate of drug-likeness (QED) is 0.900. The van der Waals surface area contributed by atoms with Crippen LogP contribution in [0.15, 0.2) is 12.3 Å². The summed E-state index contributed by atoms with van der Waals surface area (Å²) in [5, 5.41) is 9.09. The van der Waals surface area contributed by atoms with E-state index in [9.17, 15) is 9.59 Å². The lowest BCUT2D eigenvalue weighted by Crippen LogP contribution is -2.37. The summed E-state index contributed by atoms with van der Waals surface area (Å²) in [6, 6.07) is 1.91. The number of rotatable bonds is 2. The second-order valence-electron chi connectivity index (χ2n) is 5.79. The van der Waals surface area contributed by atoms with Gasteiger partial charge in [-0.05, 0) is 46.2 Å². The molecule has 1 aromatic rings. The van der Waals surface area contributed by atoms with Gasteiger partial charge in [-0.25, -0.2) is 4.79 Å². The van der Waals surface area contributed by atoms with Crippen molar-refractivity contribution in [1.29, 1.82) is 0 Å². The number of amides is 1. The average Bonchev–Trinajstić information content (AvgIpc) is 2.32. The molecule has 0 unspecified atom stereocenters.